The van der Waals surface area contributed by atoms with Crippen LogP contribution in [0.15, 0.2) is 28.7 Å². The van der Waals surface area contributed by atoms with Gasteiger partial charge in [0.05, 0.1) is 0 Å². The number of benzene rings is 1. The van der Waals surface area contributed by atoms with Gasteiger partial charge in [-0.25, -0.2) is 0 Å². The standard InChI is InChI=1S/C15H23BrN2O/c1-12(18-15(19)4-3-11-17-2)5-6-13-7-9-14(16)10-8-13/h7-10,12,17H,3-6,11H2,1-2H3,(H,18,19). The highest BCUT2D eigenvalue weighted by molar-refractivity contribution is 9.10. The van der Waals surface area contributed by atoms with Crippen LogP contribution in [-0.4, -0.2) is 25.5 Å². The molecule has 0 heterocycles. The molecular weight excluding hydrogens is 304 g/mol. The van der Waals surface area contributed by atoms with Crippen molar-refractivity contribution in [3.8, 4) is 0 Å². The van der Waals surface area contributed by atoms with Gasteiger partial charge >= 0.3 is 0 Å². The number of carbonyl (C=O) groups is 1. The monoisotopic (exact) mass is 326 g/mol. The van der Waals surface area contributed by atoms with Gasteiger partial charge in [-0.2, -0.15) is 0 Å². The molecule has 1 aromatic carbocycles. The van der Waals surface area contributed by atoms with Crippen molar-refractivity contribution in [1.82, 2.24) is 10.6 Å². The van der Waals surface area contributed by atoms with Gasteiger partial charge in [-0.1, -0.05) is 28.1 Å². The maximum Gasteiger partial charge on any atom is 0.220 e. The van der Waals surface area contributed by atoms with Gasteiger partial charge in [0.25, 0.3) is 0 Å². The summed E-state index contributed by atoms with van der Waals surface area (Å²) in [7, 11) is 1.90. The fourth-order valence-corrected chi connectivity index (χ4v) is 2.14. The molecule has 0 aliphatic rings. The van der Waals surface area contributed by atoms with Crippen LogP contribution in [0.4, 0.5) is 0 Å². The van der Waals surface area contributed by atoms with Crippen LogP contribution in [0.5, 0.6) is 0 Å². The number of hydrogen-bond acceptors (Lipinski definition) is 2. The summed E-state index contributed by atoms with van der Waals surface area (Å²) in [6.45, 7) is 2.95. The molecule has 0 saturated carbocycles. The van der Waals surface area contributed by atoms with E-state index in [1.54, 1.807) is 0 Å². The Morgan fingerprint density at radius 3 is 2.63 bits per heavy atom. The third kappa shape index (κ3) is 7.33. The molecule has 3 nitrogen and oxygen atoms in total. The van der Waals surface area contributed by atoms with E-state index in [1.807, 2.05) is 7.05 Å². The zero-order valence-electron chi connectivity index (χ0n) is 11.7. The molecule has 4 heteroatoms. The third-order valence-electron chi connectivity index (χ3n) is 3.02. The van der Waals surface area contributed by atoms with Crippen molar-refractivity contribution in [1.29, 1.82) is 0 Å². The molecule has 0 aromatic heterocycles. The summed E-state index contributed by atoms with van der Waals surface area (Å²) in [6.07, 6.45) is 3.45. The molecule has 1 aromatic rings. The summed E-state index contributed by atoms with van der Waals surface area (Å²) in [4.78, 5) is 11.6. The normalized spacial score (nSPS) is 12.2. The molecular formula is C15H23BrN2O. The largest absolute Gasteiger partial charge is 0.354 e. The maximum atomic E-state index is 11.6. The second kappa shape index (κ2) is 9.10. The van der Waals surface area contributed by atoms with E-state index in [0.29, 0.717) is 6.42 Å². The Morgan fingerprint density at radius 1 is 1.32 bits per heavy atom. The lowest BCUT2D eigenvalue weighted by atomic mass is 10.1. The van der Waals surface area contributed by atoms with E-state index in [4.69, 9.17) is 0 Å². The predicted octanol–water partition coefficient (Wildman–Crippen LogP) is 2.89. The van der Waals surface area contributed by atoms with Gasteiger partial charge in [0, 0.05) is 16.9 Å². The molecule has 1 rings (SSSR count). The molecule has 1 unspecified atom stereocenters. The van der Waals surface area contributed by atoms with E-state index in [9.17, 15) is 4.79 Å². The molecule has 1 atom stereocenters. The molecule has 1 amide bonds. The Labute approximate surface area is 124 Å². The Hall–Kier alpha value is -0.870. The van der Waals surface area contributed by atoms with Crippen LogP contribution >= 0.6 is 15.9 Å². The number of carbonyl (C=O) groups excluding carboxylic acids is 1. The van der Waals surface area contributed by atoms with E-state index in [-0.39, 0.29) is 11.9 Å². The number of rotatable bonds is 8. The molecule has 106 valence electrons. The maximum absolute atomic E-state index is 11.6. The highest BCUT2D eigenvalue weighted by Crippen LogP contribution is 2.12. The van der Waals surface area contributed by atoms with Crippen molar-refractivity contribution >= 4 is 21.8 Å². The van der Waals surface area contributed by atoms with Crippen LogP contribution in [0, 0.1) is 0 Å². The van der Waals surface area contributed by atoms with Gasteiger partial charge in [-0.05, 0) is 57.5 Å². The highest BCUT2D eigenvalue weighted by atomic mass is 79.9. The minimum atomic E-state index is 0.151. The number of halogens is 1. The smallest absolute Gasteiger partial charge is 0.220 e. The van der Waals surface area contributed by atoms with Gasteiger partial charge in [0.1, 0.15) is 0 Å². The van der Waals surface area contributed by atoms with Crippen LogP contribution in [-0.2, 0) is 11.2 Å². The van der Waals surface area contributed by atoms with Crippen molar-refractivity contribution in [3.63, 3.8) is 0 Å². The second-order valence-electron chi connectivity index (χ2n) is 4.84. The van der Waals surface area contributed by atoms with Crippen molar-refractivity contribution in [2.75, 3.05) is 13.6 Å². The van der Waals surface area contributed by atoms with Crippen molar-refractivity contribution < 1.29 is 4.79 Å². The summed E-state index contributed by atoms with van der Waals surface area (Å²) in [5.41, 5.74) is 1.31. The predicted molar refractivity (Wildman–Crippen MR) is 83.2 cm³/mol. The Kier molecular flexibility index (Phi) is 7.75. The van der Waals surface area contributed by atoms with Crippen LogP contribution in [0.3, 0.4) is 0 Å². The zero-order chi connectivity index (χ0) is 14.1. The van der Waals surface area contributed by atoms with Crippen LogP contribution < -0.4 is 10.6 Å². The van der Waals surface area contributed by atoms with Gasteiger partial charge in [0.15, 0.2) is 0 Å². The first kappa shape index (κ1) is 16.2. The summed E-state index contributed by atoms with van der Waals surface area (Å²) >= 11 is 3.43. The van der Waals surface area contributed by atoms with E-state index in [2.05, 4.69) is 57.8 Å². The van der Waals surface area contributed by atoms with E-state index >= 15 is 0 Å². The van der Waals surface area contributed by atoms with Gasteiger partial charge in [0.2, 0.25) is 5.91 Å². The van der Waals surface area contributed by atoms with Crippen LogP contribution in [0.25, 0.3) is 0 Å². The molecule has 2 N–H and O–H groups in total. The average Bonchev–Trinajstić information content (AvgIpc) is 2.38. The number of nitrogens with one attached hydrogen (secondary N) is 2. The molecule has 0 aliphatic carbocycles. The second-order valence-corrected chi connectivity index (χ2v) is 5.76. The summed E-state index contributed by atoms with van der Waals surface area (Å²) in [5, 5.41) is 6.09. The molecule has 0 saturated heterocycles. The van der Waals surface area contributed by atoms with Crippen molar-refractivity contribution in [2.45, 2.75) is 38.6 Å². The lowest BCUT2D eigenvalue weighted by molar-refractivity contribution is -0.121. The lowest BCUT2D eigenvalue weighted by Crippen LogP contribution is -2.33. The number of hydrogen-bond donors (Lipinski definition) is 2. The first-order valence-corrected chi connectivity index (χ1v) is 7.59. The Morgan fingerprint density at radius 2 is 2.00 bits per heavy atom. The SMILES string of the molecule is CNCCCC(=O)NC(C)CCc1ccc(Br)cc1. The lowest BCUT2D eigenvalue weighted by Gasteiger charge is -2.14. The highest BCUT2D eigenvalue weighted by Gasteiger charge is 2.07. The minimum Gasteiger partial charge on any atom is -0.354 e. The van der Waals surface area contributed by atoms with E-state index in [1.165, 1.54) is 5.56 Å². The van der Waals surface area contributed by atoms with Gasteiger partial charge < -0.3 is 10.6 Å². The molecule has 0 aliphatic heterocycles. The zero-order valence-corrected chi connectivity index (χ0v) is 13.3. The first-order valence-electron chi connectivity index (χ1n) is 6.80. The molecule has 0 spiro atoms. The molecule has 0 radical (unpaired) electrons. The van der Waals surface area contributed by atoms with Crippen molar-refractivity contribution in [2.24, 2.45) is 0 Å². The summed E-state index contributed by atoms with van der Waals surface area (Å²) in [6, 6.07) is 8.56. The topological polar surface area (TPSA) is 41.1 Å². The van der Waals surface area contributed by atoms with E-state index < -0.39 is 0 Å². The van der Waals surface area contributed by atoms with Crippen molar-refractivity contribution in [3.05, 3.63) is 34.3 Å². The molecule has 0 fully saturated rings. The molecule has 19 heavy (non-hydrogen) atoms. The van der Waals surface area contributed by atoms with Crippen LogP contribution in [0.1, 0.15) is 31.7 Å². The average molecular weight is 327 g/mol. The Balaban J connectivity index is 2.21. The number of amides is 1. The van der Waals surface area contributed by atoms with E-state index in [0.717, 1.165) is 30.3 Å². The van der Waals surface area contributed by atoms with Gasteiger partial charge in [-0.15, -0.1) is 0 Å². The fourth-order valence-electron chi connectivity index (χ4n) is 1.88. The quantitative estimate of drug-likeness (QED) is 0.721. The van der Waals surface area contributed by atoms with Crippen LogP contribution in [0.2, 0.25) is 0 Å². The third-order valence-corrected chi connectivity index (χ3v) is 3.55. The Bertz CT molecular complexity index is 378. The molecule has 0 bridgehead atoms. The first-order chi connectivity index (χ1) is 9.11. The fraction of sp³-hybridized carbons (Fsp3) is 0.533. The minimum absolute atomic E-state index is 0.151. The summed E-state index contributed by atoms with van der Waals surface area (Å²) in [5.74, 6) is 0.151. The summed E-state index contributed by atoms with van der Waals surface area (Å²) < 4.78 is 1.10. The number of aryl methyl sites for hydroxylation is 1. The van der Waals surface area contributed by atoms with Gasteiger partial charge in [-0.3, -0.25) is 4.79 Å².